The van der Waals surface area contributed by atoms with Crippen LogP contribution in [-0.2, 0) is 0 Å². The number of fused-ring (bicyclic) bond motifs is 1. The summed E-state index contributed by atoms with van der Waals surface area (Å²) in [4.78, 5) is 2.29. The van der Waals surface area contributed by atoms with Crippen LogP contribution in [0.2, 0.25) is 0 Å². The van der Waals surface area contributed by atoms with Crippen LogP contribution >= 0.6 is 0 Å². The molecule has 1 unspecified atom stereocenters. The van der Waals surface area contributed by atoms with E-state index in [1.807, 2.05) is 74.7 Å². The van der Waals surface area contributed by atoms with Gasteiger partial charge in [0.15, 0.2) is 0 Å². The maximum Gasteiger partial charge on any atom is 0.0497 e. The molecule has 0 amide bonds. The van der Waals surface area contributed by atoms with Crippen molar-refractivity contribution in [3.63, 3.8) is 0 Å². The quantitative estimate of drug-likeness (QED) is 0.243. The van der Waals surface area contributed by atoms with Crippen LogP contribution in [0.15, 0.2) is 182 Å². The van der Waals surface area contributed by atoms with Crippen LogP contribution in [0.3, 0.4) is 0 Å². The number of hydrogen-bond donors (Lipinski definition) is 1. The highest BCUT2D eigenvalue weighted by Crippen LogP contribution is 2.45. The Hall–Kier alpha value is -5.08. The van der Waals surface area contributed by atoms with Crippen molar-refractivity contribution in [1.82, 2.24) is 5.32 Å². The average Bonchev–Trinajstić information content (AvgIpc) is 3.31. The molecule has 1 aliphatic rings. The molecule has 0 fully saturated rings. The van der Waals surface area contributed by atoms with Crippen molar-refractivity contribution in [3.8, 4) is 0 Å². The molecule has 2 aromatic rings. The first-order valence-electron chi connectivity index (χ1n) is 14.7. The Morgan fingerprint density at radius 1 is 0.814 bits per heavy atom. The minimum atomic E-state index is 0.273. The van der Waals surface area contributed by atoms with Crippen molar-refractivity contribution in [3.05, 3.63) is 199 Å². The normalized spacial score (nSPS) is 17.5. The van der Waals surface area contributed by atoms with E-state index in [9.17, 15) is 0 Å². The Morgan fingerprint density at radius 2 is 1.53 bits per heavy atom. The second-order valence-corrected chi connectivity index (χ2v) is 10.0. The van der Waals surface area contributed by atoms with E-state index in [0.29, 0.717) is 0 Å². The van der Waals surface area contributed by atoms with Gasteiger partial charge in [-0.1, -0.05) is 135 Å². The molecule has 43 heavy (non-hydrogen) atoms. The smallest absolute Gasteiger partial charge is 0.0497 e. The molecule has 2 nitrogen and oxygen atoms in total. The molecule has 1 N–H and O–H groups in total. The highest BCUT2D eigenvalue weighted by atomic mass is 15.2. The Labute approximate surface area is 259 Å². The number of benzene rings is 2. The molecular formula is C41H44N2. The van der Waals surface area contributed by atoms with Gasteiger partial charge in [-0.2, -0.15) is 0 Å². The molecule has 2 aromatic carbocycles. The molecule has 2 heteroatoms. The summed E-state index contributed by atoms with van der Waals surface area (Å²) in [5.74, 6) is 0.273. The number of nitrogens with one attached hydrogen (secondary N) is 1. The van der Waals surface area contributed by atoms with Crippen LogP contribution in [0.1, 0.15) is 50.3 Å². The summed E-state index contributed by atoms with van der Waals surface area (Å²) in [6.45, 7) is 20.4. The highest BCUT2D eigenvalue weighted by Gasteiger charge is 2.31. The van der Waals surface area contributed by atoms with Gasteiger partial charge in [0, 0.05) is 40.5 Å². The largest absolute Gasteiger partial charge is 0.361 e. The van der Waals surface area contributed by atoms with Gasteiger partial charge in [-0.3, -0.25) is 0 Å². The van der Waals surface area contributed by atoms with Crippen molar-refractivity contribution < 1.29 is 0 Å². The Kier molecular flexibility index (Phi) is 12.8. The van der Waals surface area contributed by atoms with Gasteiger partial charge in [-0.15, -0.1) is 0 Å². The molecule has 3 rings (SSSR count). The predicted molar refractivity (Wildman–Crippen MR) is 191 cm³/mol. The monoisotopic (exact) mass is 564 g/mol. The Morgan fingerprint density at radius 3 is 2.26 bits per heavy atom. The molecule has 1 aliphatic heterocycles. The van der Waals surface area contributed by atoms with Gasteiger partial charge in [0.25, 0.3) is 0 Å². The zero-order valence-corrected chi connectivity index (χ0v) is 26.0. The van der Waals surface area contributed by atoms with Crippen molar-refractivity contribution in [1.29, 1.82) is 0 Å². The maximum atomic E-state index is 4.12. The molecule has 0 aromatic heterocycles. The molecule has 218 valence electrons. The lowest BCUT2D eigenvalue weighted by Gasteiger charge is -2.23. The maximum absolute atomic E-state index is 4.12. The summed E-state index contributed by atoms with van der Waals surface area (Å²) >= 11 is 0. The summed E-state index contributed by atoms with van der Waals surface area (Å²) in [5, 5.41) is 3.43. The average molecular weight is 565 g/mol. The molecule has 1 heterocycles. The van der Waals surface area contributed by atoms with Gasteiger partial charge < -0.3 is 10.2 Å². The Balaban J connectivity index is 1.79. The van der Waals surface area contributed by atoms with Crippen molar-refractivity contribution in [2.75, 3.05) is 4.90 Å². The second-order valence-electron chi connectivity index (χ2n) is 10.0. The highest BCUT2D eigenvalue weighted by molar-refractivity contribution is 5.83. The summed E-state index contributed by atoms with van der Waals surface area (Å²) in [6.07, 6.45) is 32.3. The number of hydrogen-bond acceptors (Lipinski definition) is 2. The number of anilines is 1. The van der Waals surface area contributed by atoms with E-state index in [4.69, 9.17) is 0 Å². The summed E-state index contributed by atoms with van der Waals surface area (Å²) in [7, 11) is 0. The molecule has 0 saturated heterocycles. The number of rotatable bonds is 13. The molecule has 0 bridgehead atoms. The topological polar surface area (TPSA) is 15.3 Å². The van der Waals surface area contributed by atoms with Crippen molar-refractivity contribution >= 4 is 17.3 Å². The Bertz CT molecular complexity index is 1580. The number of nitrogens with zero attached hydrogens (tertiary/aromatic N) is 1. The van der Waals surface area contributed by atoms with Crippen LogP contribution in [0.5, 0.6) is 0 Å². The predicted octanol–water partition coefficient (Wildman–Crippen LogP) is 11.1. The van der Waals surface area contributed by atoms with E-state index in [1.165, 1.54) is 16.9 Å². The van der Waals surface area contributed by atoms with Crippen LogP contribution in [0.4, 0.5) is 5.69 Å². The summed E-state index contributed by atoms with van der Waals surface area (Å²) in [6, 6.07) is 16.9. The van der Waals surface area contributed by atoms with Gasteiger partial charge in [0.1, 0.15) is 0 Å². The third-order valence-electron chi connectivity index (χ3n) is 7.12. The third-order valence-corrected chi connectivity index (χ3v) is 7.12. The molecule has 0 aliphatic carbocycles. The lowest BCUT2D eigenvalue weighted by Crippen LogP contribution is -2.17. The van der Waals surface area contributed by atoms with Gasteiger partial charge in [-0.05, 0) is 73.9 Å². The fourth-order valence-corrected chi connectivity index (χ4v) is 4.93. The molecule has 1 atom stereocenters. The zero-order chi connectivity index (χ0) is 31.0. The minimum absolute atomic E-state index is 0.273. The molecule has 0 saturated carbocycles. The number of allylic oxidation sites excluding steroid dienone is 17. The first-order valence-corrected chi connectivity index (χ1v) is 14.7. The number of para-hydroxylation sites is 1. The van der Waals surface area contributed by atoms with Gasteiger partial charge in [-0.25, -0.2) is 0 Å². The zero-order valence-electron chi connectivity index (χ0n) is 26.0. The fraction of sp³-hybridized carbons (Fsp3) is 0.122. The van der Waals surface area contributed by atoms with Crippen LogP contribution in [-0.4, -0.2) is 0 Å². The summed E-state index contributed by atoms with van der Waals surface area (Å²) < 4.78 is 0. The fourth-order valence-electron chi connectivity index (χ4n) is 4.93. The van der Waals surface area contributed by atoms with E-state index in [-0.39, 0.29) is 5.92 Å². The lowest BCUT2D eigenvalue weighted by molar-refractivity contribution is 0.911. The second kappa shape index (κ2) is 17.0. The van der Waals surface area contributed by atoms with E-state index in [0.717, 1.165) is 33.7 Å². The van der Waals surface area contributed by atoms with Crippen LogP contribution in [0.25, 0.3) is 11.6 Å². The van der Waals surface area contributed by atoms with E-state index in [1.54, 1.807) is 0 Å². The standard InChI is InChI=1S/C41H44N2/c1-8-22-34-24-17-18-27-38(34)36(12-5)39(23-9-2)42-31-21-15-13-14-16-25-35(11-4)43-40(30-29-32(6)10-3)33(7)37-26-19-20-28-41(37)43/h8-31,33,42H,3-5H2,1-2,6-7H3/b15-13+,16-14+,22-8-,23-9-,31-21+,32-29+,35-25+,39-36-,40-30+. The molecular weight excluding hydrogens is 520 g/mol. The summed E-state index contributed by atoms with van der Waals surface area (Å²) in [5.41, 5.74) is 10.2. The van der Waals surface area contributed by atoms with E-state index in [2.05, 4.69) is 129 Å². The molecule has 0 spiro atoms. The van der Waals surface area contributed by atoms with E-state index >= 15 is 0 Å². The molecule has 0 radical (unpaired) electrons. The van der Waals surface area contributed by atoms with Crippen LogP contribution < -0.4 is 10.2 Å². The van der Waals surface area contributed by atoms with Gasteiger partial charge in [0.2, 0.25) is 0 Å². The van der Waals surface area contributed by atoms with Crippen LogP contribution in [0, 0.1) is 0 Å². The van der Waals surface area contributed by atoms with Crippen molar-refractivity contribution in [2.45, 2.75) is 33.6 Å². The SMILES string of the molecule is C=C/C(=C(\C=C/C)N/C=C/C=C/C=C/C=C(\C=C)N1/C(=C/C=C(\C)C=C)C(C)c2ccccc21)c1ccccc1/C=C\C. The first-order chi connectivity index (χ1) is 21.0. The first kappa shape index (κ1) is 32.4. The van der Waals surface area contributed by atoms with Crippen molar-refractivity contribution in [2.24, 2.45) is 0 Å². The lowest BCUT2D eigenvalue weighted by atomic mass is 9.97. The van der Waals surface area contributed by atoms with E-state index < -0.39 is 0 Å². The van der Waals surface area contributed by atoms with Gasteiger partial charge >= 0.3 is 0 Å². The third kappa shape index (κ3) is 8.47. The van der Waals surface area contributed by atoms with Gasteiger partial charge in [0.05, 0.1) is 0 Å². The minimum Gasteiger partial charge on any atom is -0.361 e.